The Bertz CT molecular complexity index is 735. The summed E-state index contributed by atoms with van der Waals surface area (Å²) in [4.78, 5) is 16.9. The predicted octanol–water partition coefficient (Wildman–Crippen LogP) is 3.73. The van der Waals surface area contributed by atoms with Crippen LogP contribution in [0.25, 0.3) is 6.08 Å². The smallest absolute Gasteiger partial charge is 0.248 e. The Morgan fingerprint density at radius 2 is 2.08 bits per heavy atom. The number of piperazine rings is 1. The van der Waals surface area contributed by atoms with E-state index in [9.17, 15) is 4.79 Å². The summed E-state index contributed by atoms with van der Waals surface area (Å²) in [6, 6.07) is 9.19. The molecule has 1 saturated heterocycles. The van der Waals surface area contributed by atoms with E-state index in [2.05, 4.69) is 22.0 Å². The maximum Gasteiger partial charge on any atom is 0.248 e. The van der Waals surface area contributed by atoms with E-state index in [1.54, 1.807) is 30.5 Å². The highest BCUT2D eigenvalue weighted by atomic mass is 35.5. The van der Waals surface area contributed by atoms with E-state index in [1.807, 2.05) is 12.1 Å². The third-order valence-corrected chi connectivity index (χ3v) is 4.55. The fourth-order valence-corrected chi connectivity index (χ4v) is 3.08. The molecule has 1 aromatic heterocycles. The molecule has 6 heteroatoms. The summed E-state index contributed by atoms with van der Waals surface area (Å²) in [6.07, 6.45) is 4.67. The Morgan fingerprint density at radius 3 is 2.76 bits per heavy atom. The second-order valence-electron chi connectivity index (χ2n) is 5.92. The van der Waals surface area contributed by atoms with Crippen molar-refractivity contribution in [2.24, 2.45) is 0 Å². The molecule has 1 N–H and O–H groups in total. The highest BCUT2D eigenvalue weighted by molar-refractivity contribution is 6.31. The molecule has 2 heterocycles. The molecule has 1 aliphatic heterocycles. The number of benzene rings is 1. The van der Waals surface area contributed by atoms with Crippen LogP contribution in [0.3, 0.4) is 0 Å². The molecule has 25 heavy (non-hydrogen) atoms. The van der Waals surface area contributed by atoms with Crippen LogP contribution in [-0.4, -0.2) is 43.5 Å². The highest BCUT2D eigenvalue weighted by Crippen LogP contribution is 2.30. The van der Waals surface area contributed by atoms with Gasteiger partial charge in [-0.05, 0) is 43.0 Å². The first-order chi connectivity index (χ1) is 12.2. The van der Waals surface area contributed by atoms with Crippen LogP contribution in [0.5, 0.6) is 0 Å². The molecule has 0 atom stereocenters. The van der Waals surface area contributed by atoms with Gasteiger partial charge in [-0.15, -0.1) is 0 Å². The van der Waals surface area contributed by atoms with E-state index in [-0.39, 0.29) is 5.91 Å². The summed E-state index contributed by atoms with van der Waals surface area (Å²) in [7, 11) is 0. The van der Waals surface area contributed by atoms with Crippen LogP contribution in [0, 0.1) is 0 Å². The zero-order valence-corrected chi connectivity index (χ0v) is 15.0. The molecule has 3 rings (SSSR count). The first-order valence-corrected chi connectivity index (χ1v) is 8.83. The van der Waals surface area contributed by atoms with Gasteiger partial charge in [0, 0.05) is 37.3 Å². The number of likely N-dealkylation sites (N-methyl/N-ethyl adjacent to an activating group) is 1. The highest BCUT2D eigenvalue weighted by Gasteiger charge is 2.19. The Morgan fingerprint density at radius 1 is 1.28 bits per heavy atom. The minimum Gasteiger partial charge on any atom is -0.465 e. The molecule has 1 amide bonds. The van der Waals surface area contributed by atoms with Gasteiger partial charge in [-0.1, -0.05) is 18.5 Å². The summed E-state index contributed by atoms with van der Waals surface area (Å²) in [5.41, 5.74) is 1.73. The van der Waals surface area contributed by atoms with Gasteiger partial charge in [-0.25, -0.2) is 0 Å². The zero-order valence-electron chi connectivity index (χ0n) is 14.2. The maximum absolute atomic E-state index is 12.2. The zero-order chi connectivity index (χ0) is 17.6. The van der Waals surface area contributed by atoms with Gasteiger partial charge in [0.2, 0.25) is 5.91 Å². The van der Waals surface area contributed by atoms with Gasteiger partial charge in [-0.3, -0.25) is 4.79 Å². The van der Waals surface area contributed by atoms with E-state index < -0.39 is 0 Å². The second-order valence-corrected chi connectivity index (χ2v) is 6.36. The van der Waals surface area contributed by atoms with Crippen molar-refractivity contribution in [3.8, 4) is 0 Å². The van der Waals surface area contributed by atoms with Crippen molar-refractivity contribution in [2.75, 3.05) is 42.9 Å². The number of hydrogen-bond donors (Lipinski definition) is 1. The lowest BCUT2D eigenvalue weighted by atomic mass is 10.2. The lowest BCUT2D eigenvalue weighted by Gasteiger charge is -2.36. The molecule has 1 fully saturated rings. The van der Waals surface area contributed by atoms with Crippen LogP contribution in [0.1, 0.15) is 12.7 Å². The quantitative estimate of drug-likeness (QED) is 0.826. The van der Waals surface area contributed by atoms with Crippen molar-refractivity contribution in [3.63, 3.8) is 0 Å². The third kappa shape index (κ3) is 4.65. The van der Waals surface area contributed by atoms with Crippen molar-refractivity contribution in [3.05, 3.63) is 53.5 Å². The predicted molar refractivity (Wildman–Crippen MR) is 102 cm³/mol. The van der Waals surface area contributed by atoms with Crippen LogP contribution in [0.2, 0.25) is 5.02 Å². The van der Waals surface area contributed by atoms with Crippen molar-refractivity contribution in [1.82, 2.24) is 4.90 Å². The number of halogens is 1. The number of nitrogens with one attached hydrogen (secondary N) is 1. The van der Waals surface area contributed by atoms with Gasteiger partial charge in [0.15, 0.2) is 0 Å². The van der Waals surface area contributed by atoms with Gasteiger partial charge in [0.05, 0.1) is 17.6 Å². The molecule has 0 bridgehead atoms. The standard InChI is InChI=1S/C19H22ClN3O2/c1-2-22-9-11-23(12-10-22)18-7-5-15(20)14-17(18)21-19(24)8-6-16-4-3-13-25-16/h3-8,13-14H,2,9-12H2,1H3,(H,21,24). The summed E-state index contributed by atoms with van der Waals surface area (Å²) < 4.78 is 5.19. The molecule has 5 nitrogen and oxygen atoms in total. The SMILES string of the molecule is CCN1CCN(c2ccc(Cl)cc2NC(=O)C=Cc2ccco2)CC1. The Hall–Kier alpha value is -2.24. The van der Waals surface area contributed by atoms with Crippen LogP contribution in [-0.2, 0) is 4.79 Å². The number of carbonyl (C=O) groups excluding carboxylic acids is 1. The largest absolute Gasteiger partial charge is 0.465 e. The molecule has 0 aliphatic carbocycles. The van der Waals surface area contributed by atoms with Crippen LogP contribution < -0.4 is 10.2 Å². The average Bonchev–Trinajstić information content (AvgIpc) is 3.14. The summed E-state index contributed by atoms with van der Waals surface area (Å²) in [5.74, 6) is 0.421. The molecule has 0 spiro atoms. The van der Waals surface area contributed by atoms with Crippen LogP contribution >= 0.6 is 11.6 Å². The summed E-state index contributed by atoms with van der Waals surface area (Å²) in [6.45, 7) is 7.14. The van der Waals surface area contributed by atoms with Crippen molar-refractivity contribution >= 4 is 35.0 Å². The average molecular weight is 360 g/mol. The van der Waals surface area contributed by atoms with E-state index >= 15 is 0 Å². The van der Waals surface area contributed by atoms with E-state index in [0.29, 0.717) is 10.8 Å². The molecule has 1 aliphatic rings. The molecule has 1 aromatic carbocycles. The molecule has 0 radical (unpaired) electrons. The Balaban J connectivity index is 1.72. The topological polar surface area (TPSA) is 48.7 Å². The van der Waals surface area contributed by atoms with Crippen molar-refractivity contribution in [1.29, 1.82) is 0 Å². The van der Waals surface area contributed by atoms with Gasteiger partial charge >= 0.3 is 0 Å². The van der Waals surface area contributed by atoms with Crippen molar-refractivity contribution in [2.45, 2.75) is 6.92 Å². The monoisotopic (exact) mass is 359 g/mol. The van der Waals surface area contributed by atoms with Gasteiger partial charge in [-0.2, -0.15) is 0 Å². The molecule has 2 aromatic rings. The second kappa shape index (κ2) is 8.23. The van der Waals surface area contributed by atoms with Gasteiger partial charge < -0.3 is 19.5 Å². The lowest BCUT2D eigenvalue weighted by molar-refractivity contribution is -0.111. The van der Waals surface area contributed by atoms with Crippen LogP contribution in [0.15, 0.2) is 47.1 Å². The normalized spacial score (nSPS) is 15.7. The number of hydrogen-bond acceptors (Lipinski definition) is 4. The van der Waals surface area contributed by atoms with Crippen LogP contribution in [0.4, 0.5) is 11.4 Å². The fraction of sp³-hybridized carbons (Fsp3) is 0.316. The molecule has 132 valence electrons. The Kier molecular flexibility index (Phi) is 5.79. The Labute approximate surface area is 152 Å². The van der Waals surface area contributed by atoms with Gasteiger partial charge in [0.1, 0.15) is 5.76 Å². The number of furan rings is 1. The number of nitrogens with zero attached hydrogens (tertiary/aromatic N) is 2. The fourth-order valence-electron chi connectivity index (χ4n) is 2.91. The van der Waals surface area contributed by atoms with E-state index in [1.165, 1.54) is 6.08 Å². The first-order valence-electron chi connectivity index (χ1n) is 8.45. The first kappa shape index (κ1) is 17.6. The number of rotatable bonds is 5. The lowest BCUT2D eigenvalue weighted by Crippen LogP contribution is -2.46. The van der Waals surface area contributed by atoms with Gasteiger partial charge in [0.25, 0.3) is 0 Å². The molecule has 0 unspecified atom stereocenters. The molecular weight excluding hydrogens is 338 g/mol. The maximum atomic E-state index is 12.2. The van der Waals surface area contributed by atoms with E-state index in [4.69, 9.17) is 16.0 Å². The number of amides is 1. The number of anilines is 2. The minimum atomic E-state index is -0.216. The molecular formula is C19H22ClN3O2. The number of carbonyl (C=O) groups is 1. The minimum absolute atomic E-state index is 0.216. The van der Waals surface area contributed by atoms with Crippen molar-refractivity contribution < 1.29 is 9.21 Å². The molecule has 0 saturated carbocycles. The summed E-state index contributed by atoms with van der Waals surface area (Å²) >= 11 is 6.13. The third-order valence-electron chi connectivity index (χ3n) is 4.32. The summed E-state index contributed by atoms with van der Waals surface area (Å²) in [5, 5.41) is 3.53. The van der Waals surface area contributed by atoms with E-state index in [0.717, 1.165) is 44.1 Å².